The summed E-state index contributed by atoms with van der Waals surface area (Å²) in [5.74, 6) is 1.85. The Hall–Kier alpha value is -2.61. The highest BCUT2D eigenvalue weighted by atomic mass is 35.5. The minimum absolute atomic E-state index is 0.236. The van der Waals surface area contributed by atoms with Crippen molar-refractivity contribution in [1.29, 1.82) is 0 Å². The first-order valence-corrected chi connectivity index (χ1v) is 9.20. The molecule has 146 valence electrons. The Balaban J connectivity index is 1.67. The molecule has 0 unspecified atom stereocenters. The van der Waals surface area contributed by atoms with E-state index in [0.29, 0.717) is 52.9 Å². The first kappa shape index (κ1) is 18.7. The highest BCUT2D eigenvalue weighted by Gasteiger charge is 2.30. The number of halogens is 1. The van der Waals surface area contributed by atoms with Crippen molar-refractivity contribution >= 4 is 22.5 Å². The molecule has 2 heterocycles. The maximum atomic E-state index is 12.4. The summed E-state index contributed by atoms with van der Waals surface area (Å²) in [7, 11) is 3.18. The number of H-pyrrole nitrogens is 1. The van der Waals surface area contributed by atoms with Crippen molar-refractivity contribution < 1.29 is 14.6 Å². The Kier molecular flexibility index (Phi) is 4.97. The predicted molar refractivity (Wildman–Crippen MR) is 106 cm³/mol. The van der Waals surface area contributed by atoms with Crippen LogP contribution in [-0.4, -0.2) is 40.7 Å². The smallest absolute Gasteiger partial charge is 0.258 e. The minimum atomic E-state index is -0.736. The maximum Gasteiger partial charge on any atom is 0.258 e. The Morgan fingerprint density at radius 1 is 1.25 bits per heavy atom. The van der Waals surface area contributed by atoms with Gasteiger partial charge >= 0.3 is 0 Å². The van der Waals surface area contributed by atoms with Crippen molar-refractivity contribution in [3.8, 4) is 11.5 Å². The number of ether oxygens (including phenoxy) is 2. The molecule has 4 rings (SSSR count). The molecule has 0 aliphatic carbocycles. The van der Waals surface area contributed by atoms with Crippen molar-refractivity contribution in [2.45, 2.75) is 19.2 Å². The van der Waals surface area contributed by atoms with E-state index in [4.69, 9.17) is 21.1 Å². The largest absolute Gasteiger partial charge is 0.496 e. The Labute approximate surface area is 166 Å². The minimum Gasteiger partial charge on any atom is -0.496 e. The average molecular weight is 402 g/mol. The molecule has 1 atom stereocenters. The third-order valence-corrected chi connectivity index (χ3v) is 5.18. The molecule has 1 aromatic heterocycles. The van der Waals surface area contributed by atoms with Crippen LogP contribution in [0, 0.1) is 0 Å². The van der Waals surface area contributed by atoms with Crippen LogP contribution in [0.5, 0.6) is 11.5 Å². The number of rotatable bonds is 4. The number of nitrogens with one attached hydrogen (secondary N) is 1. The zero-order valence-corrected chi connectivity index (χ0v) is 16.3. The summed E-state index contributed by atoms with van der Waals surface area (Å²) < 4.78 is 10.9. The number of hydrogen-bond acceptors (Lipinski definition) is 6. The van der Waals surface area contributed by atoms with E-state index in [1.807, 2.05) is 11.0 Å². The molecule has 28 heavy (non-hydrogen) atoms. The number of aliphatic hydroxyl groups excluding tert-OH is 1. The molecular formula is C20H20ClN3O4. The van der Waals surface area contributed by atoms with Gasteiger partial charge in [0.25, 0.3) is 5.56 Å². The van der Waals surface area contributed by atoms with E-state index < -0.39 is 6.10 Å². The lowest BCUT2D eigenvalue weighted by Crippen LogP contribution is -2.34. The van der Waals surface area contributed by atoms with Crippen LogP contribution < -0.4 is 15.0 Å². The highest BCUT2D eigenvalue weighted by Crippen LogP contribution is 2.39. The molecule has 0 saturated heterocycles. The molecule has 3 aromatic rings. The summed E-state index contributed by atoms with van der Waals surface area (Å²) in [6.07, 6.45) is -0.736. The van der Waals surface area contributed by atoms with Crippen molar-refractivity contribution in [1.82, 2.24) is 14.9 Å². The van der Waals surface area contributed by atoms with Crippen LogP contribution in [0.15, 0.2) is 35.1 Å². The lowest BCUT2D eigenvalue weighted by atomic mass is 9.95. The van der Waals surface area contributed by atoms with Crippen molar-refractivity contribution in [2.75, 3.05) is 20.8 Å². The van der Waals surface area contributed by atoms with E-state index in [0.717, 1.165) is 11.1 Å². The number of hydrogen-bond donors (Lipinski definition) is 2. The van der Waals surface area contributed by atoms with Gasteiger partial charge in [0, 0.05) is 29.2 Å². The summed E-state index contributed by atoms with van der Waals surface area (Å²) in [4.78, 5) is 21.7. The summed E-state index contributed by atoms with van der Waals surface area (Å²) in [5.41, 5.74) is 1.96. The van der Waals surface area contributed by atoms with Gasteiger partial charge in [-0.05, 0) is 30.3 Å². The van der Waals surface area contributed by atoms with Crippen molar-refractivity contribution in [3.63, 3.8) is 0 Å². The molecule has 8 heteroatoms. The second-order valence-corrected chi connectivity index (χ2v) is 7.16. The fraction of sp³-hybridized carbons (Fsp3) is 0.300. The zero-order chi connectivity index (χ0) is 19.8. The topological polar surface area (TPSA) is 87.7 Å². The van der Waals surface area contributed by atoms with Crippen LogP contribution in [0.25, 0.3) is 10.9 Å². The molecule has 2 aromatic carbocycles. The van der Waals surface area contributed by atoms with Gasteiger partial charge in [-0.3, -0.25) is 9.69 Å². The van der Waals surface area contributed by atoms with Crippen LogP contribution >= 0.6 is 11.6 Å². The summed E-state index contributed by atoms with van der Waals surface area (Å²) in [5, 5.41) is 11.7. The molecule has 2 N–H and O–H groups in total. The van der Waals surface area contributed by atoms with Gasteiger partial charge in [-0.25, -0.2) is 4.98 Å². The fourth-order valence-corrected chi connectivity index (χ4v) is 3.88. The van der Waals surface area contributed by atoms with Crippen LogP contribution in [0.4, 0.5) is 0 Å². The molecule has 0 radical (unpaired) electrons. The van der Waals surface area contributed by atoms with Gasteiger partial charge < -0.3 is 19.6 Å². The first-order chi connectivity index (χ1) is 13.5. The monoisotopic (exact) mass is 401 g/mol. The van der Waals surface area contributed by atoms with Gasteiger partial charge in [-0.1, -0.05) is 11.6 Å². The number of methoxy groups -OCH3 is 2. The van der Waals surface area contributed by atoms with Crippen LogP contribution in [0.2, 0.25) is 5.02 Å². The summed E-state index contributed by atoms with van der Waals surface area (Å²) in [6, 6.07) is 8.66. The molecule has 0 fully saturated rings. The molecule has 0 saturated carbocycles. The second-order valence-electron chi connectivity index (χ2n) is 6.72. The van der Waals surface area contributed by atoms with E-state index in [9.17, 15) is 9.90 Å². The molecule has 0 amide bonds. The van der Waals surface area contributed by atoms with Gasteiger partial charge in [0.05, 0.1) is 37.8 Å². The van der Waals surface area contributed by atoms with E-state index in [1.54, 1.807) is 38.5 Å². The molecule has 7 nitrogen and oxygen atoms in total. The lowest BCUT2D eigenvalue weighted by Gasteiger charge is -2.33. The molecule has 0 bridgehead atoms. The van der Waals surface area contributed by atoms with Gasteiger partial charge in [-0.15, -0.1) is 0 Å². The molecular weight excluding hydrogens is 382 g/mol. The number of benzene rings is 2. The van der Waals surface area contributed by atoms with Crippen molar-refractivity contribution in [2.24, 2.45) is 0 Å². The second kappa shape index (κ2) is 7.43. The standard InChI is InChI=1S/C20H20ClN3O4/c1-27-16-5-6-17(28-2)19-13(16)8-24(9-15(19)25)10-18-22-14-4-3-11(21)7-12(14)20(26)23-18/h3-7,15,25H,8-10H2,1-2H3,(H,22,23,26)/t15-/m0/s1. The van der Waals surface area contributed by atoms with Crippen LogP contribution in [0.1, 0.15) is 23.1 Å². The zero-order valence-electron chi connectivity index (χ0n) is 15.5. The fourth-order valence-electron chi connectivity index (χ4n) is 3.71. The highest BCUT2D eigenvalue weighted by molar-refractivity contribution is 6.31. The summed E-state index contributed by atoms with van der Waals surface area (Å²) >= 11 is 5.96. The van der Waals surface area contributed by atoms with E-state index in [2.05, 4.69) is 9.97 Å². The first-order valence-electron chi connectivity index (χ1n) is 8.82. The average Bonchev–Trinajstić information content (AvgIpc) is 2.67. The third-order valence-electron chi connectivity index (χ3n) is 4.95. The van der Waals surface area contributed by atoms with Crippen LogP contribution in [0.3, 0.4) is 0 Å². The quantitative estimate of drug-likeness (QED) is 0.698. The van der Waals surface area contributed by atoms with Gasteiger partial charge in [-0.2, -0.15) is 0 Å². The lowest BCUT2D eigenvalue weighted by molar-refractivity contribution is 0.0828. The predicted octanol–water partition coefficient (Wildman–Crippen LogP) is 2.64. The molecule has 1 aliphatic rings. The molecule has 0 spiro atoms. The van der Waals surface area contributed by atoms with E-state index in [1.165, 1.54) is 0 Å². The van der Waals surface area contributed by atoms with Crippen LogP contribution in [-0.2, 0) is 13.1 Å². The normalized spacial score (nSPS) is 16.8. The van der Waals surface area contributed by atoms with Gasteiger partial charge in [0.2, 0.25) is 0 Å². The number of fused-ring (bicyclic) bond motifs is 2. The Morgan fingerprint density at radius 3 is 2.75 bits per heavy atom. The number of aromatic amines is 1. The van der Waals surface area contributed by atoms with Gasteiger partial charge in [0.1, 0.15) is 17.3 Å². The number of aliphatic hydroxyl groups is 1. The van der Waals surface area contributed by atoms with E-state index in [-0.39, 0.29) is 5.56 Å². The third kappa shape index (κ3) is 3.32. The van der Waals surface area contributed by atoms with Crippen molar-refractivity contribution in [3.05, 3.63) is 62.7 Å². The number of β-amino-alcohol motifs (C(OH)–C–C–N with tert-alkyl or cyclic N) is 1. The SMILES string of the molecule is COc1ccc(OC)c2c1CN(Cc1nc3ccc(Cl)cc3c(=O)[nH]1)C[C@@H]2O. The number of aromatic nitrogens is 2. The number of nitrogens with zero attached hydrogens (tertiary/aromatic N) is 2. The van der Waals surface area contributed by atoms with E-state index >= 15 is 0 Å². The maximum absolute atomic E-state index is 12.4. The Bertz CT molecular complexity index is 1100. The molecule has 1 aliphatic heterocycles. The van der Waals surface area contributed by atoms with Gasteiger partial charge in [0.15, 0.2) is 0 Å². The summed E-state index contributed by atoms with van der Waals surface area (Å²) in [6.45, 7) is 1.30. The Morgan fingerprint density at radius 2 is 2.00 bits per heavy atom.